The van der Waals surface area contributed by atoms with Gasteiger partial charge in [-0.1, -0.05) is 13.8 Å². The van der Waals surface area contributed by atoms with Crippen molar-refractivity contribution in [2.24, 2.45) is 11.1 Å². The molecule has 4 nitrogen and oxygen atoms in total. The average molecular weight is 253 g/mol. The maximum absolute atomic E-state index is 12.6. The molecule has 2 saturated heterocycles. The number of nitrogens with zero attached hydrogens (tertiary/aromatic N) is 2. The predicted molar refractivity (Wildman–Crippen MR) is 73.2 cm³/mol. The minimum Gasteiger partial charge on any atom is -0.341 e. The molecule has 2 aliphatic heterocycles. The van der Waals surface area contributed by atoms with Gasteiger partial charge in [0.2, 0.25) is 5.91 Å². The Balaban J connectivity index is 1.95. The number of rotatable bonds is 4. The molecule has 2 aliphatic rings. The van der Waals surface area contributed by atoms with Gasteiger partial charge in [-0.15, -0.1) is 0 Å². The number of carbonyl (C=O) groups is 1. The van der Waals surface area contributed by atoms with Crippen molar-refractivity contribution in [3.05, 3.63) is 0 Å². The largest absolute Gasteiger partial charge is 0.341 e. The highest BCUT2D eigenvalue weighted by Gasteiger charge is 2.39. The Bertz CT molecular complexity index is 307. The van der Waals surface area contributed by atoms with Crippen molar-refractivity contribution in [3.8, 4) is 0 Å². The molecular weight excluding hydrogens is 226 g/mol. The van der Waals surface area contributed by atoms with E-state index in [4.69, 9.17) is 5.73 Å². The first-order chi connectivity index (χ1) is 8.59. The Morgan fingerprint density at radius 3 is 2.83 bits per heavy atom. The molecule has 0 spiro atoms. The normalized spacial score (nSPS) is 33.3. The molecular formula is C14H27N3O. The van der Waals surface area contributed by atoms with E-state index >= 15 is 0 Å². The third-order valence-corrected chi connectivity index (χ3v) is 4.52. The molecule has 2 heterocycles. The van der Waals surface area contributed by atoms with E-state index in [1.165, 1.54) is 6.42 Å². The van der Waals surface area contributed by atoms with Crippen LogP contribution < -0.4 is 5.73 Å². The van der Waals surface area contributed by atoms with Gasteiger partial charge in [-0.2, -0.15) is 0 Å². The smallest absolute Gasteiger partial charge is 0.239 e. The molecule has 0 aromatic carbocycles. The van der Waals surface area contributed by atoms with Crippen LogP contribution in [0.5, 0.6) is 0 Å². The fraction of sp³-hybridized carbons (Fsp3) is 0.929. The minimum absolute atomic E-state index is 0.143. The van der Waals surface area contributed by atoms with Crippen LogP contribution in [-0.2, 0) is 4.79 Å². The van der Waals surface area contributed by atoms with Gasteiger partial charge in [0, 0.05) is 13.1 Å². The van der Waals surface area contributed by atoms with Gasteiger partial charge in [-0.25, -0.2) is 0 Å². The van der Waals surface area contributed by atoms with Crippen LogP contribution in [0.3, 0.4) is 0 Å². The van der Waals surface area contributed by atoms with Gasteiger partial charge >= 0.3 is 0 Å². The molecule has 0 aromatic heterocycles. The van der Waals surface area contributed by atoms with E-state index in [9.17, 15) is 4.79 Å². The summed E-state index contributed by atoms with van der Waals surface area (Å²) in [5.74, 6) is 0.345. The van der Waals surface area contributed by atoms with Crippen LogP contribution >= 0.6 is 0 Å². The summed E-state index contributed by atoms with van der Waals surface area (Å²) >= 11 is 0. The summed E-state index contributed by atoms with van der Waals surface area (Å²) in [4.78, 5) is 17.0. The van der Waals surface area contributed by atoms with Gasteiger partial charge < -0.3 is 10.6 Å². The molecule has 2 rings (SSSR count). The zero-order valence-corrected chi connectivity index (χ0v) is 11.8. The maximum atomic E-state index is 12.6. The quantitative estimate of drug-likeness (QED) is 0.815. The van der Waals surface area contributed by atoms with Crippen LogP contribution in [0.25, 0.3) is 0 Å². The van der Waals surface area contributed by atoms with Crippen molar-refractivity contribution in [3.63, 3.8) is 0 Å². The number of amides is 1. The standard InChI is InChI=1S/C14H27N3O/c1-3-7-16-8-4-5-12(16)13(18)17-9-6-14(2,10-15)11-17/h12H,3-11,15H2,1-2H3. The minimum atomic E-state index is 0.143. The van der Waals surface area contributed by atoms with Gasteiger partial charge in [0.15, 0.2) is 0 Å². The molecule has 0 saturated carbocycles. The SMILES string of the molecule is CCCN1CCCC1C(=O)N1CCC(C)(CN)C1. The topological polar surface area (TPSA) is 49.6 Å². The Labute approximate surface area is 110 Å². The first kappa shape index (κ1) is 13.8. The van der Waals surface area contributed by atoms with Crippen molar-refractivity contribution in [2.75, 3.05) is 32.7 Å². The average Bonchev–Trinajstić information content (AvgIpc) is 2.97. The highest BCUT2D eigenvalue weighted by molar-refractivity contribution is 5.82. The number of nitrogens with two attached hydrogens (primary N) is 1. The third kappa shape index (κ3) is 2.69. The lowest BCUT2D eigenvalue weighted by molar-refractivity contribution is -0.135. The van der Waals surface area contributed by atoms with E-state index in [0.717, 1.165) is 45.4 Å². The van der Waals surface area contributed by atoms with E-state index in [1.807, 2.05) is 4.90 Å². The van der Waals surface area contributed by atoms with E-state index in [1.54, 1.807) is 0 Å². The fourth-order valence-electron chi connectivity index (χ4n) is 3.25. The van der Waals surface area contributed by atoms with Crippen LogP contribution in [0, 0.1) is 5.41 Å². The van der Waals surface area contributed by atoms with Gasteiger partial charge in [0.05, 0.1) is 6.04 Å². The Morgan fingerprint density at radius 2 is 2.22 bits per heavy atom. The zero-order valence-electron chi connectivity index (χ0n) is 11.8. The lowest BCUT2D eigenvalue weighted by Gasteiger charge is -2.29. The van der Waals surface area contributed by atoms with Crippen molar-refractivity contribution >= 4 is 5.91 Å². The van der Waals surface area contributed by atoms with Crippen LogP contribution in [0.15, 0.2) is 0 Å². The monoisotopic (exact) mass is 253 g/mol. The number of carbonyl (C=O) groups excluding carboxylic acids is 1. The Morgan fingerprint density at radius 1 is 1.44 bits per heavy atom. The van der Waals surface area contributed by atoms with Gasteiger partial charge in [0.1, 0.15) is 0 Å². The zero-order chi connectivity index (χ0) is 13.2. The van der Waals surface area contributed by atoms with E-state index in [-0.39, 0.29) is 11.5 Å². The van der Waals surface area contributed by atoms with Crippen LogP contribution in [0.2, 0.25) is 0 Å². The molecule has 2 unspecified atom stereocenters. The molecule has 0 bridgehead atoms. The molecule has 18 heavy (non-hydrogen) atoms. The van der Waals surface area contributed by atoms with Crippen molar-refractivity contribution in [2.45, 2.75) is 45.6 Å². The Hall–Kier alpha value is -0.610. The molecule has 1 amide bonds. The van der Waals surface area contributed by atoms with Gasteiger partial charge in [-0.05, 0) is 50.7 Å². The van der Waals surface area contributed by atoms with Crippen LogP contribution in [-0.4, -0.2) is 54.5 Å². The summed E-state index contributed by atoms with van der Waals surface area (Å²) in [7, 11) is 0. The second-order valence-electron chi connectivity index (χ2n) is 6.22. The lowest BCUT2D eigenvalue weighted by atomic mass is 9.90. The molecule has 0 aliphatic carbocycles. The number of hydrogen-bond acceptors (Lipinski definition) is 3. The molecule has 104 valence electrons. The van der Waals surface area contributed by atoms with Crippen LogP contribution in [0.4, 0.5) is 0 Å². The van der Waals surface area contributed by atoms with Crippen molar-refractivity contribution in [1.82, 2.24) is 9.80 Å². The maximum Gasteiger partial charge on any atom is 0.239 e. The summed E-state index contributed by atoms with van der Waals surface area (Å²) in [6.07, 6.45) is 4.38. The van der Waals surface area contributed by atoms with Gasteiger partial charge in [0.25, 0.3) is 0 Å². The number of hydrogen-bond donors (Lipinski definition) is 1. The molecule has 2 N–H and O–H groups in total. The summed E-state index contributed by atoms with van der Waals surface area (Å²) in [6.45, 7) is 8.94. The van der Waals surface area contributed by atoms with E-state index in [0.29, 0.717) is 12.5 Å². The molecule has 4 heteroatoms. The van der Waals surface area contributed by atoms with Crippen molar-refractivity contribution in [1.29, 1.82) is 0 Å². The molecule has 2 atom stereocenters. The highest BCUT2D eigenvalue weighted by Crippen LogP contribution is 2.30. The predicted octanol–water partition coefficient (Wildman–Crippen LogP) is 1.06. The summed E-state index contributed by atoms with van der Waals surface area (Å²) in [5, 5.41) is 0. The summed E-state index contributed by atoms with van der Waals surface area (Å²) < 4.78 is 0. The first-order valence-electron chi connectivity index (χ1n) is 7.32. The second kappa shape index (κ2) is 5.57. The van der Waals surface area contributed by atoms with Crippen LogP contribution in [0.1, 0.15) is 39.5 Å². The lowest BCUT2D eigenvalue weighted by Crippen LogP contribution is -2.46. The van der Waals surface area contributed by atoms with E-state index in [2.05, 4.69) is 18.7 Å². The van der Waals surface area contributed by atoms with E-state index < -0.39 is 0 Å². The van der Waals surface area contributed by atoms with Gasteiger partial charge in [-0.3, -0.25) is 9.69 Å². The molecule has 0 aromatic rings. The first-order valence-corrected chi connectivity index (χ1v) is 7.32. The summed E-state index contributed by atoms with van der Waals surface area (Å²) in [5.41, 5.74) is 5.95. The second-order valence-corrected chi connectivity index (χ2v) is 6.22. The fourth-order valence-corrected chi connectivity index (χ4v) is 3.25. The Kier molecular flexibility index (Phi) is 4.28. The summed E-state index contributed by atoms with van der Waals surface area (Å²) in [6, 6.07) is 0.144. The highest BCUT2D eigenvalue weighted by atomic mass is 16.2. The molecule has 0 radical (unpaired) electrons. The third-order valence-electron chi connectivity index (χ3n) is 4.52. The molecule has 2 fully saturated rings. The number of likely N-dealkylation sites (tertiary alicyclic amines) is 2. The van der Waals surface area contributed by atoms with Crippen molar-refractivity contribution < 1.29 is 4.79 Å².